The molecule has 5 nitrogen and oxygen atoms in total. The van der Waals surface area contributed by atoms with Crippen molar-refractivity contribution in [3.05, 3.63) is 0 Å². The maximum Gasteiger partial charge on any atom is 0.225 e. The predicted octanol–water partition coefficient (Wildman–Crippen LogP) is 2.26. The largest absolute Gasteiger partial charge is 0.342 e. The van der Waals surface area contributed by atoms with Crippen molar-refractivity contribution >= 4 is 11.7 Å². The van der Waals surface area contributed by atoms with Crippen LogP contribution >= 0.6 is 0 Å². The molecular weight excluding hydrogens is 326 g/mol. The van der Waals surface area contributed by atoms with Crippen molar-refractivity contribution in [3.63, 3.8) is 0 Å². The molecule has 0 aromatic heterocycles. The SMILES string of the molecule is CCC(=O)C1CCC(C(=O)N2CCC(CCN3CCN(C)CC3)CC2)C1. The van der Waals surface area contributed by atoms with Crippen molar-refractivity contribution in [2.24, 2.45) is 17.8 Å². The van der Waals surface area contributed by atoms with Gasteiger partial charge in [0.25, 0.3) is 0 Å². The Morgan fingerprint density at radius 3 is 2.19 bits per heavy atom. The lowest BCUT2D eigenvalue weighted by atomic mass is 9.92. The van der Waals surface area contributed by atoms with Crippen LogP contribution in [0.2, 0.25) is 0 Å². The number of Topliss-reactive ketones (excluding diaryl/α,β-unsaturated/α-hetero) is 1. The van der Waals surface area contributed by atoms with E-state index >= 15 is 0 Å². The topological polar surface area (TPSA) is 43.9 Å². The Balaban J connectivity index is 1.36. The molecule has 2 atom stereocenters. The predicted molar refractivity (Wildman–Crippen MR) is 104 cm³/mol. The molecule has 2 aliphatic heterocycles. The average molecular weight is 364 g/mol. The second-order valence-corrected chi connectivity index (χ2v) is 8.73. The second kappa shape index (κ2) is 9.32. The lowest BCUT2D eigenvalue weighted by Crippen LogP contribution is -2.45. The minimum absolute atomic E-state index is 0.109. The van der Waals surface area contributed by atoms with Crippen LogP contribution in [-0.4, -0.2) is 79.3 Å². The van der Waals surface area contributed by atoms with E-state index in [1.807, 2.05) is 6.92 Å². The molecule has 2 unspecified atom stereocenters. The molecule has 148 valence electrons. The number of hydrogen-bond acceptors (Lipinski definition) is 4. The minimum atomic E-state index is 0.109. The van der Waals surface area contributed by atoms with Gasteiger partial charge in [-0.15, -0.1) is 0 Å². The van der Waals surface area contributed by atoms with Gasteiger partial charge in [0.1, 0.15) is 5.78 Å². The van der Waals surface area contributed by atoms with Crippen molar-refractivity contribution in [1.29, 1.82) is 0 Å². The first-order valence-corrected chi connectivity index (χ1v) is 10.8. The fourth-order valence-electron chi connectivity index (χ4n) is 4.92. The molecule has 0 bridgehead atoms. The van der Waals surface area contributed by atoms with Gasteiger partial charge in [-0.25, -0.2) is 0 Å². The zero-order chi connectivity index (χ0) is 18.5. The van der Waals surface area contributed by atoms with Crippen LogP contribution in [0.1, 0.15) is 51.9 Å². The summed E-state index contributed by atoms with van der Waals surface area (Å²) < 4.78 is 0. The van der Waals surface area contributed by atoms with Crippen LogP contribution in [0.3, 0.4) is 0 Å². The lowest BCUT2D eigenvalue weighted by Gasteiger charge is -2.36. The van der Waals surface area contributed by atoms with E-state index in [1.165, 1.54) is 39.1 Å². The normalized spacial score (nSPS) is 29.2. The number of piperidine rings is 1. The molecule has 26 heavy (non-hydrogen) atoms. The summed E-state index contributed by atoms with van der Waals surface area (Å²) in [4.78, 5) is 31.8. The van der Waals surface area contributed by atoms with Crippen LogP contribution in [0.4, 0.5) is 0 Å². The number of nitrogens with zero attached hydrogens (tertiary/aromatic N) is 3. The van der Waals surface area contributed by atoms with Crippen LogP contribution in [0.5, 0.6) is 0 Å². The first-order chi connectivity index (χ1) is 12.6. The van der Waals surface area contributed by atoms with Gasteiger partial charge in [0.05, 0.1) is 0 Å². The van der Waals surface area contributed by atoms with Crippen molar-refractivity contribution in [1.82, 2.24) is 14.7 Å². The summed E-state index contributed by atoms with van der Waals surface area (Å²) in [5.74, 6) is 1.71. The summed E-state index contributed by atoms with van der Waals surface area (Å²) in [6, 6.07) is 0. The number of ketones is 1. The van der Waals surface area contributed by atoms with Crippen molar-refractivity contribution in [2.75, 3.05) is 52.9 Å². The van der Waals surface area contributed by atoms with E-state index in [4.69, 9.17) is 0 Å². The first kappa shape index (κ1) is 19.8. The third-order valence-electron chi connectivity index (χ3n) is 6.96. The van der Waals surface area contributed by atoms with E-state index in [0.29, 0.717) is 18.1 Å². The van der Waals surface area contributed by atoms with Crippen LogP contribution in [0, 0.1) is 17.8 Å². The summed E-state index contributed by atoms with van der Waals surface area (Å²) in [5.41, 5.74) is 0. The molecule has 0 spiro atoms. The van der Waals surface area contributed by atoms with E-state index in [-0.39, 0.29) is 11.8 Å². The number of hydrogen-bond donors (Lipinski definition) is 0. The van der Waals surface area contributed by atoms with Crippen LogP contribution in [0.15, 0.2) is 0 Å². The second-order valence-electron chi connectivity index (χ2n) is 8.73. The number of carbonyl (C=O) groups is 2. The number of piperazine rings is 1. The van der Waals surface area contributed by atoms with Gasteiger partial charge in [-0.3, -0.25) is 9.59 Å². The lowest BCUT2D eigenvalue weighted by molar-refractivity contribution is -0.137. The van der Waals surface area contributed by atoms with Gasteiger partial charge in [-0.1, -0.05) is 6.92 Å². The zero-order valence-electron chi connectivity index (χ0n) is 16.8. The highest BCUT2D eigenvalue weighted by atomic mass is 16.2. The maximum absolute atomic E-state index is 12.8. The van der Waals surface area contributed by atoms with Gasteiger partial charge < -0.3 is 14.7 Å². The maximum atomic E-state index is 12.8. The molecule has 0 radical (unpaired) electrons. The Labute approximate surface area is 159 Å². The third kappa shape index (κ3) is 5.07. The van der Waals surface area contributed by atoms with Gasteiger partial charge in [-0.05, 0) is 58.0 Å². The summed E-state index contributed by atoms with van der Waals surface area (Å²) >= 11 is 0. The Morgan fingerprint density at radius 2 is 1.54 bits per heavy atom. The standard InChI is InChI=1S/C21H37N3O2/c1-3-20(25)18-4-5-19(16-18)21(26)24-10-7-17(8-11-24)6-9-23-14-12-22(2)13-15-23/h17-19H,3-16H2,1-2H3. The molecule has 5 heteroatoms. The fraction of sp³-hybridized carbons (Fsp3) is 0.905. The Kier molecular flexibility index (Phi) is 7.10. The molecular formula is C21H37N3O2. The Morgan fingerprint density at radius 1 is 0.885 bits per heavy atom. The quantitative estimate of drug-likeness (QED) is 0.726. The van der Waals surface area contributed by atoms with Gasteiger partial charge in [-0.2, -0.15) is 0 Å². The number of likely N-dealkylation sites (tertiary alicyclic amines) is 1. The van der Waals surface area contributed by atoms with E-state index in [0.717, 1.165) is 51.1 Å². The fourth-order valence-corrected chi connectivity index (χ4v) is 4.92. The Bertz CT molecular complexity index is 480. The molecule has 0 aromatic carbocycles. The highest BCUT2D eigenvalue weighted by Gasteiger charge is 2.36. The number of amides is 1. The summed E-state index contributed by atoms with van der Waals surface area (Å²) in [5, 5.41) is 0. The minimum Gasteiger partial charge on any atom is -0.342 e. The molecule has 2 saturated heterocycles. The molecule has 3 aliphatic rings. The number of likely N-dealkylation sites (N-methyl/N-ethyl adjacent to an activating group) is 1. The van der Waals surface area contributed by atoms with E-state index < -0.39 is 0 Å². The summed E-state index contributed by atoms with van der Waals surface area (Å²) in [7, 11) is 2.20. The molecule has 1 saturated carbocycles. The van der Waals surface area contributed by atoms with Crippen LogP contribution in [-0.2, 0) is 9.59 Å². The molecule has 1 amide bonds. The molecule has 0 N–H and O–H groups in total. The average Bonchev–Trinajstić information content (AvgIpc) is 3.17. The van der Waals surface area contributed by atoms with Gasteiger partial charge in [0, 0.05) is 57.5 Å². The third-order valence-corrected chi connectivity index (χ3v) is 6.96. The molecule has 0 aromatic rings. The van der Waals surface area contributed by atoms with Gasteiger partial charge in [0.2, 0.25) is 5.91 Å². The van der Waals surface area contributed by atoms with E-state index in [2.05, 4.69) is 21.7 Å². The van der Waals surface area contributed by atoms with Crippen LogP contribution in [0.25, 0.3) is 0 Å². The highest BCUT2D eigenvalue weighted by molar-refractivity contribution is 5.84. The Hall–Kier alpha value is -0.940. The van der Waals surface area contributed by atoms with E-state index in [1.54, 1.807) is 0 Å². The van der Waals surface area contributed by atoms with Crippen molar-refractivity contribution in [3.8, 4) is 0 Å². The van der Waals surface area contributed by atoms with E-state index in [9.17, 15) is 9.59 Å². The monoisotopic (exact) mass is 363 g/mol. The number of rotatable bonds is 6. The first-order valence-electron chi connectivity index (χ1n) is 10.8. The van der Waals surface area contributed by atoms with Crippen molar-refractivity contribution < 1.29 is 9.59 Å². The van der Waals surface area contributed by atoms with Gasteiger partial charge in [0.15, 0.2) is 0 Å². The smallest absolute Gasteiger partial charge is 0.225 e. The zero-order valence-corrected chi connectivity index (χ0v) is 16.8. The highest BCUT2D eigenvalue weighted by Crippen LogP contribution is 2.34. The molecule has 3 rings (SSSR count). The van der Waals surface area contributed by atoms with Crippen molar-refractivity contribution in [2.45, 2.75) is 51.9 Å². The van der Waals surface area contributed by atoms with Crippen LogP contribution < -0.4 is 0 Å². The summed E-state index contributed by atoms with van der Waals surface area (Å²) in [6.45, 7) is 9.79. The van der Waals surface area contributed by atoms with Gasteiger partial charge >= 0.3 is 0 Å². The molecule has 1 aliphatic carbocycles. The molecule has 3 fully saturated rings. The molecule has 2 heterocycles. The number of carbonyl (C=O) groups excluding carboxylic acids is 2. The summed E-state index contributed by atoms with van der Waals surface area (Å²) in [6.07, 6.45) is 6.84.